The number of ether oxygens (including phenoxy) is 4. The molecule has 0 saturated carbocycles. The normalized spacial score (nSPS) is 11.0. The van der Waals surface area contributed by atoms with Gasteiger partial charge in [0.25, 0.3) is 0 Å². The second-order valence-corrected chi connectivity index (χ2v) is 8.32. The third-order valence-corrected chi connectivity index (χ3v) is 6.15. The number of rotatable bonds is 9. The average molecular weight is 485 g/mol. The van der Waals surface area contributed by atoms with Crippen molar-refractivity contribution in [1.29, 1.82) is 5.26 Å². The largest absolute Gasteiger partial charge is 0.493 e. The van der Waals surface area contributed by atoms with Crippen molar-refractivity contribution in [2.24, 2.45) is 0 Å². The summed E-state index contributed by atoms with van der Waals surface area (Å²) in [6.07, 6.45) is 1.79. The quantitative estimate of drug-likeness (QED) is 0.253. The number of hydrogen-bond donors (Lipinski definition) is 0. The number of aromatic nitrogens is 1. The molecule has 6 nitrogen and oxygen atoms in total. The molecule has 0 bridgehead atoms. The van der Waals surface area contributed by atoms with Crippen molar-refractivity contribution in [2.45, 2.75) is 6.61 Å². The van der Waals surface area contributed by atoms with Gasteiger partial charge in [0.2, 0.25) is 0 Å². The van der Waals surface area contributed by atoms with E-state index in [1.807, 2.05) is 72.1 Å². The van der Waals surface area contributed by atoms with Crippen LogP contribution in [0.2, 0.25) is 0 Å². The van der Waals surface area contributed by atoms with Gasteiger partial charge in [-0.1, -0.05) is 36.4 Å². The molecule has 1 heterocycles. The number of allylic oxidation sites excluding steroid dienone is 1. The summed E-state index contributed by atoms with van der Waals surface area (Å²) >= 11 is 1.41. The second-order valence-electron chi connectivity index (χ2n) is 7.46. The van der Waals surface area contributed by atoms with Crippen LogP contribution in [0, 0.1) is 11.3 Å². The van der Waals surface area contributed by atoms with Crippen molar-refractivity contribution in [3.8, 4) is 40.3 Å². The van der Waals surface area contributed by atoms with E-state index in [1.54, 1.807) is 27.4 Å². The van der Waals surface area contributed by atoms with Crippen LogP contribution in [-0.4, -0.2) is 26.3 Å². The van der Waals surface area contributed by atoms with Gasteiger partial charge < -0.3 is 18.9 Å². The molecule has 0 N–H and O–H groups in total. The maximum atomic E-state index is 9.82. The van der Waals surface area contributed by atoms with Crippen molar-refractivity contribution in [1.82, 2.24) is 4.98 Å². The van der Waals surface area contributed by atoms with Crippen LogP contribution >= 0.6 is 11.3 Å². The molecule has 0 amide bonds. The molecule has 0 atom stereocenters. The summed E-state index contributed by atoms with van der Waals surface area (Å²) in [5.74, 6) is 2.50. The predicted octanol–water partition coefficient (Wildman–Crippen LogP) is 6.48. The van der Waals surface area contributed by atoms with Gasteiger partial charge in [-0.05, 0) is 47.5 Å². The maximum Gasteiger partial charge on any atom is 0.161 e. The topological polar surface area (TPSA) is 73.6 Å². The Kier molecular flexibility index (Phi) is 7.66. The smallest absolute Gasteiger partial charge is 0.161 e. The van der Waals surface area contributed by atoms with Crippen LogP contribution < -0.4 is 18.9 Å². The monoisotopic (exact) mass is 484 g/mol. The Morgan fingerprint density at radius 3 is 2.31 bits per heavy atom. The third-order valence-electron chi connectivity index (χ3n) is 5.27. The van der Waals surface area contributed by atoms with Crippen LogP contribution in [0.3, 0.4) is 0 Å². The second kappa shape index (κ2) is 11.2. The minimum atomic E-state index is 0.438. The molecule has 0 radical (unpaired) electrons. The molecule has 1 aromatic heterocycles. The highest BCUT2D eigenvalue weighted by molar-refractivity contribution is 7.11. The van der Waals surface area contributed by atoms with Crippen LogP contribution in [0.15, 0.2) is 72.1 Å². The third kappa shape index (κ3) is 5.62. The predicted molar refractivity (Wildman–Crippen MR) is 138 cm³/mol. The summed E-state index contributed by atoms with van der Waals surface area (Å²) in [5, 5.41) is 12.4. The molecule has 35 heavy (non-hydrogen) atoms. The van der Waals surface area contributed by atoms with E-state index in [1.165, 1.54) is 11.3 Å². The lowest BCUT2D eigenvalue weighted by Gasteiger charge is -2.11. The highest BCUT2D eigenvalue weighted by Crippen LogP contribution is 2.35. The molecule has 0 unspecified atom stereocenters. The van der Waals surface area contributed by atoms with Gasteiger partial charge in [-0.2, -0.15) is 5.26 Å². The molecule has 0 fully saturated rings. The fourth-order valence-corrected chi connectivity index (χ4v) is 4.26. The molecule has 0 saturated heterocycles. The summed E-state index contributed by atoms with van der Waals surface area (Å²) in [4.78, 5) is 4.68. The van der Waals surface area contributed by atoms with E-state index in [9.17, 15) is 5.26 Å². The summed E-state index contributed by atoms with van der Waals surface area (Å²) in [6, 6.07) is 23.4. The minimum absolute atomic E-state index is 0.438. The zero-order chi connectivity index (χ0) is 24.6. The SMILES string of the molecule is COc1ccc(-c2csc(C(C#N)=Cc3ccc(OCc4ccccc4)c(OC)c3)n2)cc1OC. The Hall–Kier alpha value is -4.28. The molecule has 4 rings (SSSR count). The van der Waals surface area contributed by atoms with E-state index in [0.29, 0.717) is 40.2 Å². The molecule has 176 valence electrons. The van der Waals surface area contributed by atoms with Crippen LogP contribution in [0.4, 0.5) is 0 Å². The molecule has 0 spiro atoms. The van der Waals surface area contributed by atoms with Crippen molar-refractivity contribution in [3.63, 3.8) is 0 Å². The number of nitrogens with zero attached hydrogens (tertiary/aromatic N) is 2. The Morgan fingerprint density at radius 2 is 1.60 bits per heavy atom. The van der Waals surface area contributed by atoms with Gasteiger partial charge in [0.15, 0.2) is 23.0 Å². The van der Waals surface area contributed by atoms with E-state index in [2.05, 4.69) is 11.1 Å². The Bertz CT molecular complexity index is 1370. The standard InChI is InChI=1S/C28H24N2O4S/c1-31-24-12-10-21(15-27(24)33-3)23-18-35-28(30-23)22(16-29)13-20-9-11-25(26(14-20)32-2)34-17-19-7-5-4-6-8-19/h4-15,18H,17H2,1-3H3. The number of methoxy groups -OCH3 is 3. The van der Waals surface area contributed by atoms with Gasteiger partial charge >= 0.3 is 0 Å². The van der Waals surface area contributed by atoms with Gasteiger partial charge in [0, 0.05) is 10.9 Å². The maximum absolute atomic E-state index is 9.82. The van der Waals surface area contributed by atoms with Gasteiger partial charge in [-0.25, -0.2) is 4.98 Å². The molecule has 3 aromatic carbocycles. The number of hydrogen-bond acceptors (Lipinski definition) is 7. The lowest BCUT2D eigenvalue weighted by molar-refractivity contribution is 0.284. The van der Waals surface area contributed by atoms with E-state index < -0.39 is 0 Å². The number of thiazole rings is 1. The summed E-state index contributed by atoms with van der Waals surface area (Å²) in [5.41, 5.74) is 3.98. The molecular formula is C28H24N2O4S. The molecular weight excluding hydrogens is 460 g/mol. The first-order valence-electron chi connectivity index (χ1n) is 10.8. The van der Waals surface area contributed by atoms with Crippen LogP contribution in [0.1, 0.15) is 16.1 Å². The van der Waals surface area contributed by atoms with Gasteiger partial charge in [0.1, 0.15) is 17.7 Å². The van der Waals surface area contributed by atoms with E-state index in [0.717, 1.165) is 22.4 Å². The van der Waals surface area contributed by atoms with Crippen molar-refractivity contribution in [2.75, 3.05) is 21.3 Å². The fourth-order valence-electron chi connectivity index (χ4n) is 3.46. The molecule has 0 aliphatic rings. The first-order valence-corrected chi connectivity index (χ1v) is 11.7. The molecule has 0 aliphatic carbocycles. The van der Waals surface area contributed by atoms with Crippen LogP contribution in [0.5, 0.6) is 23.0 Å². The van der Waals surface area contributed by atoms with Crippen molar-refractivity contribution < 1.29 is 18.9 Å². The lowest BCUT2D eigenvalue weighted by atomic mass is 10.1. The first kappa shape index (κ1) is 23.9. The van der Waals surface area contributed by atoms with Gasteiger partial charge in [0.05, 0.1) is 32.6 Å². The fraction of sp³-hybridized carbons (Fsp3) is 0.143. The van der Waals surface area contributed by atoms with Gasteiger partial charge in [-0.15, -0.1) is 11.3 Å². The zero-order valence-corrected chi connectivity index (χ0v) is 20.5. The zero-order valence-electron chi connectivity index (χ0n) is 19.6. The summed E-state index contributed by atoms with van der Waals surface area (Å²) < 4.78 is 22.2. The van der Waals surface area contributed by atoms with E-state index in [-0.39, 0.29) is 0 Å². The van der Waals surface area contributed by atoms with Crippen molar-refractivity contribution in [3.05, 3.63) is 88.2 Å². The highest BCUT2D eigenvalue weighted by atomic mass is 32.1. The summed E-state index contributed by atoms with van der Waals surface area (Å²) in [6.45, 7) is 0.438. The average Bonchev–Trinajstić information content (AvgIpc) is 3.41. The van der Waals surface area contributed by atoms with E-state index in [4.69, 9.17) is 18.9 Å². The lowest BCUT2D eigenvalue weighted by Crippen LogP contribution is -1.97. The van der Waals surface area contributed by atoms with Crippen LogP contribution in [0.25, 0.3) is 22.9 Å². The van der Waals surface area contributed by atoms with Gasteiger partial charge in [-0.3, -0.25) is 0 Å². The highest BCUT2D eigenvalue weighted by Gasteiger charge is 2.13. The van der Waals surface area contributed by atoms with Crippen LogP contribution in [-0.2, 0) is 6.61 Å². The minimum Gasteiger partial charge on any atom is -0.493 e. The van der Waals surface area contributed by atoms with Crippen molar-refractivity contribution >= 4 is 23.0 Å². The Morgan fingerprint density at radius 1 is 0.886 bits per heavy atom. The molecule has 0 aliphatic heterocycles. The Balaban J connectivity index is 1.56. The van der Waals surface area contributed by atoms with E-state index >= 15 is 0 Å². The molecule has 7 heteroatoms. The number of benzene rings is 3. The number of nitriles is 1. The molecule has 4 aromatic rings. The first-order chi connectivity index (χ1) is 17.1. The Labute approximate surface area is 208 Å². The summed E-state index contributed by atoms with van der Waals surface area (Å²) in [7, 11) is 4.79.